The molecule has 0 fully saturated rings. The second-order valence-electron chi connectivity index (χ2n) is 4.88. The minimum absolute atomic E-state index is 0.699. The number of hydrogen-bond acceptors (Lipinski definition) is 3. The Morgan fingerprint density at radius 3 is 2.75 bits per heavy atom. The van der Waals surface area contributed by atoms with Gasteiger partial charge < -0.3 is 5.73 Å². The van der Waals surface area contributed by atoms with Crippen molar-refractivity contribution >= 4 is 5.69 Å². The molecule has 0 bridgehead atoms. The molecule has 1 heterocycles. The van der Waals surface area contributed by atoms with Gasteiger partial charge in [0.25, 0.3) is 0 Å². The van der Waals surface area contributed by atoms with Crippen LogP contribution in [0.25, 0.3) is 11.4 Å². The van der Waals surface area contributed by atoms with Gasteiger partial charge in [-0.1, -0.05) is 42.0 Å². The van der Waals surface area contributed by atoms with Gasteiger partial charge in [-0.15, -0.1) is 0 Å². The fourth-order valence-electron chi connectivity index (χ4n) is 2.18. The number of nitrogen functional groups attached to an aromatic ring is 1. The normalized spacial score (nSPS) is 10.7. The Bertz CT molecular complexity index is 731. The standard InChI is InChI=1S/C16H16N4/c1-12-4-2-5-13(8-12)10-20-11-18-16(19-20)14-6-3-7-15(17)9-14/h2-9,11H,10,17H2,1H3. The molecule has 20 heavy (non-hydrogen) atoms. The van der Waals surface area contributed by atoms with Gasteiger partial charge >= 0.3 is 0 Å². The minimum atomic E-state index is 0.699. The summed E-state index contributed by atoms with van der Waals surface area (Å²) in [5, 5.41) is 4.50. The molecule has 0 saturated heterocycles. The molecule has 1 aromatic heterocycles. The van der Waals surface area contributed by atoms with E-state index in [1.807, 2.05) is 28.9 Å². The van der Waals surface area contributed by atoms with Crippen LogP contribution in [-0.2, 0) is 6.54 Å². The van der Waals surface area contributed by atoms with Gasteiger partial charge in [-0.05, 0) is 24.6 Å². The zero-order valence-electron chi connectivity index (χ0n) is 11.3. The first-order chi connectivity index (χ1) is 9.70. The Kier molecular flexibility index (Phi) is 3.21. The largest absolute Gasteiger partial charge is 0.399 e. The van der Waals surface area contributed by atoms with Crippen LogP contribution >= 0.6 is 0 Å². The lowest BCUT2D eigenvalue weighted by atomic mass is 10.1. The molecule has 3 rings (SSSR count). The predicted molar refractivity (Wildman–Crippen MR) is 80.2 cm³/mol. The zero-order valence-corrected chi connectivity index (χ0v) is 11.3. The van der Waals surface area contributed by atoms with Crippen LogP contribution in [0.3, 0.4) is 0 Å². The van der Waals surface area contributed by atoms with Crippen LogP contribution in [0, 0.1) is 6.92 Å². The highest BCUT2D eigenvalue weighted by Gasteiger charge is 2.05. The monoisotopic (exact) mass is 264 g/mol. The van der Waals surface area contributed by atoms with Crippen LogP contribution in [0.1, 0.15) is 11.1 Å². The lowest BCUT2D eigenvalue weighted by molar-refractivity contribution is 0.686. The van der Waals surface area contributed by atoms with Crippen molar-refractivity contribution in [1.29, 1.82) is 0 Å². The first kappa shape index (κ1) is 12.4. The van der Waals surface area contributed by atoms with Crippen molar-refractivity contribution in [3.05, 3.63) is 66.0 Å². The number of rotatable bonds is 3. The Hall–Kier alpha value is -2.62. The lowest BCUT2D eigenvalue weighted by Gasteiger charge is -2.02. The van der Waals surface area contributed by atoms with Crippen molar-refractivity contribution in [1.82, 2.24) is 14.8 Å². The van der Waals surface area contributed by atoms with Crippen molar-refractivity contribution < 1.29 is 0 Å². The summed E-state index contributed by atoms with van der Waals surface area (Å²) in [6, 6.07) is 16.0. The van der Waals surface area contributed by atoms with Gasteiger partial charge in [-0.3, -0.25) is 0 Å². The SMILES string of the molecule is Cc1cccc(Cn2cnc(-c3cccc(N)c3)n2)c1. The highest BCUT2D eigenvalue weighted by atomic mass is 15.3. The quantitative estimate of drug-likeness (QED) is 0.740. The van der Waals surface area contributed by atoms with Crippen molar-refractivity contribution in [2.45, 2.75) is 13.5 Å². The smallest absolute Gasteiger partial charge is 0.181 e. The molecule has 3 aromatic rings. The summed E-state index contributed by atoms with van der Waals surface area (Å²) in [6.07, 6.45) is 1.75. The van der Waals surface area contributed by atoms with E-state index in [-0.39, 0.29) is 0 Å². The molecule has 4 nitrogen and oxygen atoms in total. The van der Waals surface area contributed by atoms with Crippen LogP contribution in [0.2, 0.25) is 0 Å². The molecule has 0 spiro atoms. The molecule has 4 heteroatoms. The molecule has 0 aliphatic rings. The molecule has 100 valence electrons. The van der Waals surface area contributed by atoms with Gasteiger partial charge in [0.05, 0.1) is 6.54 Å². The van der Waals surface area contributed by atoms with E-state index in [2.05, 4.69) is 41.3 Å². The van der Waals surface area contributed by atoms with Crippen LogP contribution < -0.4 is 5.73 Å². The second-order valence-corrected chi connectivity index (χ2v) is 4.88. The van der Waals surface area contributed by atoms with Gasteiger partial charge in [0, 0.05) is 11.3 Å². The van der Waals surface area contributed by atoms with Crippen LogP contribution in [0.4, 0.5) is 5.69 Å². The summed E-state index contributed by atoms with van der Waals surface area (Å²) in [6.45, 7) is 2.81. The van der Waals surface area contributed by atoms with E-state index >= 15 is 0 Å². The van der Waals surface area contributed by atoms with Gasteiger partial charge in [-0.2, -0.15) is 5.10 Å². The van der Waals surface area contributed by atoms with Gasteiger partial charge in [0.2, 0.25) is 0 Å². The summed E-state index contributed by atoms with van der Waals surface area (Å²) in [4.78, 5) is 4.34. The highest BCUT2D eigenvalue weighted by Crippen LogP contribution is 2.17. The van der Waals surface area contributed by atoms with Crippen molar-refractivity contribution in [2.24, 2.45) is 0 Å². The molecule has 0 unspecified atom stereocenters. The molecule has 0 radical (unpaired) electrons. The molecule has 2 N–H and O–H groups in total. The average molecular weight is 264 g/mol. The van der Waals surface area contributed by atoms with Crippen LogP contribution in [-0.4, -0.2) is 14.8 Å². The fourth-order valence-corrected chi connectivity index (χ4v) is 2.18. The molecule has 0 amide bonds. The average Bonchev–Trinajstić information content (AvgIpc) is 2.87. The number of hydrogen-bond donors (Lipinski definition) is 1. The van der Waals surface area contributed by atoms with Crippen molar-refractivity contribution in [2.75, 3.05) is 5.73 Å². The third-order valence-electron chi connectivity index (χ3n) is 3.11. The van der Waals surface area contributed by atoms with E-state index in [0.717, 1.165) is 17.8 Å². The Morgan fingerprint density at radius 1 is 1.10 bits per heavy atom. The third kappa shape index (κ3) is 2.69. The van der Waals surface area contributed by atoms with Gasteiger partial charge in [0.1, 0.15) is 6.33 Å². The maximum Gasteiger partial charge on any atom is 0.181 e. The van der Waals surface area contributed by atoms with E-state index in [4.69, 9.17) is 5.73 Å². The van der Waals surface area contributed by atoms with Gasteiger partial charge in [0.15, 0.2) is 5.82 Å². The number of benzene rings is 2. The summed E-state index contributed by atoms with van der Waals surface area (Å²) in [5.41, 5.74) is 9.90. The molecule has 0 saturated carbocycles. The predicted octanol–water partition coefficient (Wildman–Crippen LogP) is 2.88. The van der Waals surface area contributed by atoms with E-state index < -0.39 is 0 Å². The molecular weight excluding hydrogens is 248 g/mol. The minimum Gasteiger partial charge on any atom is -0.399 e. The third-order valence-corrected chi connectivity index (χ3v) is 3.11. The summed E-state index contributed by atoms with van der Waals surface area (Å²) >= 11 is 0. The van der Waals surface area contributed by atoms with E-state index in [1.165, 1.54) is 11.1 Å². The number of aromatic nitrogens is 3. The van der Waals surface area contributed by atoms with Crippen molar-refractivity contribution in [3.8, 4) is 11.4 Å². The van der Waals surface area contributed by atoms with Crippen LogP contribution in [0.5, 0.6) is 0 Å². The molecule has 0 aliphatic carbocycles. The van der Waals surface area contributed by atoms with Gasteiger partial charge in [-0.25, -0.2) is 9.67 Å². The Balaban J connectivity index is 1.84. The first-order valence-corrected chi connectivity index (χ1v) is 6.51. The summed E-state index contributed by atoms with van der Waals surface area (Å²) in [7, 11) is 0. The maximum absolute atomic E-state index is 5.78. The van der Waals surface area contributed by atoms with Crippen LogP contribution in [0.15, 0.2) is 54.9 Å². The molecule has 2 aromatic carbocycles. The first-order valence-electron chi connectivity index (χ1n) is 6.51. The number of nitrogens with zero attached hydrogens (tertiary/aromatic N) is 3. The fraction of sp³-hybridized carbons (Fsp3) is 0.125. The van der Waals surface area contributed by atoms with E-state index in [1.54, 1.807) is 6.33 Å². The lowest BCUT2D eigenvalue weighted by Crippen LogP contribution is -2.00. The topological polar surface area (TPSA) is 56.7 Å². The van der Waals surface area contributed by atoms with Crippen molar-refractivity contribution in [3.63, 3.8) is 0 Å². The van der Waals surface area contributed by atoms with E-state index in [0.29, 0.717) is 5.82 Å². The van der Waals surface area contributed by atoms with E-state index in [9.17, 15) is 0 Å². The molecule has 0 atom stereocenters. The highest BCUT2D eigenvalue weighted by molar-refractivity contribution is 5.60. The summed E-state index contributed by atoms with van der Waals surface area (Å²) in [5.74, 6) is 0.699. The number of anilines is 1. The maximum atomic E-state index is 5.78. The Morgan fingerprint density at radius 2 is 1.95 bits per heavy atom. The molecule has 0 aliphatic heterocycles. The summed E-state index contributed by atoms with van der Waals surface area (Å²) < 4.78 is 1.84. The molecular formula is C16H16N4. The number of nitrogens with two attached hydrogens (primary N) is 1. The number of aryl methyl sites for hydroxylation is 1. The Labute approximate surface area is 117 Å². The zero-order chi connectivity index (χ0) is 13.9. The second kappa shape index (κ2) is 5.17.